The van der Waals surface area contributed by atoms with E-state index in [2.05, 4.69) is 4.98 Å². The molecule has 0 saturated carbocycles. The van der Waals surface area contributed by atoms with Gasteiger partial charge in [0, 0.05) is 10.9 Å². The van der Waals surface area contributed by atoms with Gasteiger partial charge in [0.05, 0.1) is 5.39 Å². The monoisotopic (exact) mass is 275 g/mol. The Bertz CT molecular complexity index is 820. The molecule has 1 aromatic carbocycles. The molecule has 0 atom stereocenters. The number of aromatic nitrogens is 2. The minimum Gasteiger partial charge on any atom is -0.335 e. The summed E-state index contributed by atoms with van der Waals surface area (Å²) in [5.41, 5.74) is 1.22. The van der Waals surface area contributed by atoms with Crippen molar-refractivity contribution in [3.05, 3.63) is 51.6 Å². The molecule has 0 amide bonds. The molecular formula is C13H10FN3OS. The lowest BCUT2D eigenvalue weighted by Gasteiger charge is -2.03. The Labute approximate surface area is 111 Å². The van der Waals surface area contributed by atoms with Gasteiger partial charge in [-0.2, -0.15) is 0 Å². The predicted octanol–water partition coefficient (Wildman–Crippen LogP) is 2.29. The molecule has 96 valence electrons. The molecule has 0 fully saturated rings. The quantitative estimate of drug-likeness (QED) is 0.693. The number of nitrogens with two attached hydrogens (primary N) is 1. The van der Waals surface area contributed by atoms with Gasteiger partial charge in [0.2, 0.25) is 0 Å². The minimum absolute atomic E-state index is 0.289. The van der Waals surface area contributed by atoms with Gasteiger partial charge in [-0.15, -0.1) is 11.3 Å². The van der Waals surface area contributed by atoms with Crippen molar-refractivity contribution in [3.63, 3.8) is 0 Å². The summed E-state index contributed by atoms with van der Waals surface area (Å²) in [5, 5.41) is 2.32. The van der Waals surface area contributed by atoms with Crippen LogP contribution in [0.25, 0.3) is 21.3 Å². The normalized spacial score (nSPS) is 11.1. The molecule has 0 radical (unpaired) electrons. The largest absolute Gasteiger partial charge is 0.335 e. The number of fused-ring (bicyclic) bond motifs is 1. The second-order valence-electron chi connectivity index (χ2n) is 4.17. The van der Waals surface area contributed by atoms with E-state index in [1.165, 1.54) is 23.5 Å². The Hall–Kier alpha value is -2.21. The summed E-state index contributed by atoms with van der Waals surface area (Å²) in [7, 11) is 0. The summed E-state index contributed by atoms with van der Waals surface area (Å²) in [4.78, 5) is 17.1. The van der Waals surface area contributed by atoms with E-state index in [1.807, 2.05) is 5.38 Å². The fraction of sp³-hybridized carbons (Fsp3) is 0.0769. The van der Waals surface area contributed by atoms with Crippen LogP contribution in [0.5, 0.6) is 0 Å². The van der Waals surface area contributed by atoms with Crippen molar-refractivity contribution >= 4 is 21.6 Å². The summed E-state index contributed by atoms with van der Waals surface area (Å²) in [6, 6.07) is 6.00. The topological polar surface area (TPSA) is 60.9 Å². The molecule has 4 nitrogen and oxygen atoms in total. The minimum atomic E-state index is -0.312. The van der Waals surface area contributed by atoms with E-state index in [0.29, 0.717) is 16.0 Å². The lowest BCUT2D eigenvalue weighted by Crippen LogP contribution is -2.30. The third kappa shape index (κ3) is 1.80. The molecule has 6 heteroatoms. The first kappa shape index (κ1) is 11.9. The first-order valence-corrected chi connectivity index (χ1v) is 6.48. The molecule has 0 aliphatic carbocycles. The maximum absolute atomic E-state index is 12.9. The van der Waals surface area contributed by atoms with Gasteiger partial charge < -0.3 is 5.84 Å². The number of hydrogen-bond acceptors (Lipinski definition) is 4. The summed E-state index contributed by atoms with van der Waals surface area (Å²) < 4.78 is 14.0. The Morgan fingerprint density at radius 3 is 2.68 bits per heavy atom. The number of hydrogen-bond donors (Lipinski definition) is 1. The van der Waals surface area contributed by atoms with E-state index < -0.39 is 0 Å². The van der Waals surface area contributed by atoms with E-state index in [0.717, 1.165) is 15.8 Å². The molecule has 0 aliphatic heterocycles. The molecule has 2 N–H and O–H groups in total. The maximum Gasteiger partial charge on any atom is 0.281 e. The molecular weight excluding hydrogens is 265 g/mol. The molecule has 0 aliphatic rings. The van der Waals surface area contributed by atoms with Crippen molar-refractivity contribution in [2.45, 2.75) is 6.92 Å². The molecule has 0 bridgehead atoms. The van der Waals surface area contributed by atoms with E-state index in [9.17, 15) is 9.18 Å². The molecule has 2 aromatic heterocycles. The van der Waals surface area contributed by atoms with Gasteiger partial charge >= 0.3 is 0 Å². The summed E-state index contributed by atoms with van der Waals surface area (Å²) in [5.74, 6) is 5.82. The highest BCUT2D eigenvalue weighted by molar-refractivity contribution is 7.17. The SMILES string of the molecule is Cc1nc2scc(-c3ccc(F)cc3)c2c(=O)n1N. The van der Waals surface area contributed by atoms with Crippen molar-refractivity contribution in [2.75, 3.05) is 5.84 Å². The zero-order valence-corrected chi connectivity index (χ0v) is 10.9. The van der Waals surface area contributed by atoms with Crippen LogP contribution in [0.4, 0.5) is 4.39 Å². The molecule has 0 saturated heterocycles. The number of rotatable bonds is 1. The highest BCUT2D eigenvalue weighted by atomic mass is 32.1. The van der Waals surface area contributed by atoms with Gasteiger partial charge in [-0.3, -0.25) is 4.79 Å². The van der Waals surface area contributed by atoms with Crippen molar-refractivity contribution in [1.82, 2.24) is 9.66 Å². The zero-order chi connectivity index (χ0) is 13.6. The summed E-state index contributed by atoms with van der Waals surface area (Å²) in [6.45, 7) is 1.68. The third-order valence-electron chi connectivity index (χ3n) is 2.97. The van der Waals surface area contributed by atoms with E-state index >= 15 is 0 Å². The van der Waals surface area contributed by atoms with Crippen LogP contribution in [0, 0.1) is 12.7 Å². The smallest absolute Gasteiger partial charge is 0.281 e. The third-order valence-corrected chi connectivity index (χ3v) is 3.84. The van der Waals surface area contributed by atoms with E-state index in [-0.39, 0.29) is 11.4 Å². The van der Waals surface area contributed by atoms with Gasteiger partial charge in [-0.05, 0) is 24.6 Å². The van der Waals surface area contributed by atoms with Crippen molar-refractivity contribution < 1.29 is 4.39 Å². The molecule has 3 aromatic rings. The van der Waals surface area contributed by atoms with Crippen LogP contribution in [0.2, 0.25) is 0 Å². The Morgan fingerprint density at radius 2 is 2.00 bits per heavy atom. The number of nitrogen functional groups attached to an aromatic ring is 1. The van der Waals surface area contributed by atoms with Gasteiger partial charge in [0.1, 0.15) is 16.5 Å². The number of nitrogens with zero attached hydrogens (tertiary/aromatic N) is 2. The number of halogens is 1. The average Bonchev–Trinajstić information content (AvgIpc) is 2.81. The molecule has 2 heterocycles. The second kappa shape index (κ2) is 4.17. The lowest BCUT2D eigenvalue weighted by atomic mass is 10.1. The number of aryl methyl sites for hydroxylation is 1. The molecule has 19 heavy (non-hydrogen) atoms. The first-order chi connectivity index (χ1) is 9.08. The van der Waals surface area contributed by atoms with E-state index in [1.54, 1.807) is 19.1 Å². The first-order valence-electron chi connectivity index (χ1n) is 5.60. The van der Waals surface area contributed by atoms with Crippen LogP contribution in [-0.2, 0) is 0 Å². The Kier molecular flexibility index (Phi) is 2.60. The summed E-state index contributed by atoms with van der Waals surface area (Å²) in [6.07, 6.45) is 0. The fourth-order valence-corrected chi connectivity index (χ4v) is 2.93. The van der Waals surface area contributed by atoms with Crippen molar-refractivity contribution in [2.24, 2.45) is 0 Å². The van der Waals surface area contributed by atoms with Crippen LogP contribution in [-0.4, -0.2) is 9.66 Å². The fourth-order valence-electron chi connectivity index (χ4n) is 1.95. The van der Waals surface area contributed by atoms with Crippen LogP contribution in [0.1, 0.15) is 5.82 Å². The highest BCUT2D eigenvalue weighted by Gasteiger charge is 2.14. The molecule has 3 rings (SSSR count). The maximum atomic E-state index is 12.9. The predicted molar refractivity (Wildman–Crippen MR) is 74.2 cm³/mol. The zero-order valence-electron chi connectivity index (χ0n) is 10.1. The summed E-state index contributed by atoms with van der Waals surface area (Å²) >= 11 is 1.38. The van der Waals surface area contributed by atoms with E-state index in [4.69, 9.17) is 5.84 Å². The highest BCUT2D eigenvalue weighted by Crippen LogP contribution is 2.30. The number of benzene rings is 1. The van der Waals surface area contributed by atoms with Crippen LogP contribution in [0.3, 0.4) is 0 Å². The number of thiophene rings is 1. The second-order valence-corrected chi connectivity index (χ2v) is 5.03. The van der Waals surface area contributed by atoms with Crippen molar-refractivity contribution in [1.29, 1.82) is 0 Å². The molecule has 0 unspecified atom stereocenters. The van der Waals surface area contributed by atoms with Gasteiger partial charge in [0.15, 0.2) is 0 Å². The Balaban J connectivity index is 2.34. The molecule has 0 spiro atoms. The standard InChI is InChI=1S/C13H10FN3OS/c1-7-16-12-11(13(18)17(7)15)10(6-19-12)8-2-4-9(14)5-3-8/h2-6H,15H2,1H3. The van der Waals surface area contributed by atoms with Crippen LogP contribution in [0.15, 0.2) is 34.4 Å². The lowest BCUT2D eigenvalue weighted by molar-refractivity contribution is 0.628. The average molecular weight is 275 g/mol. The van der Waals surface area contributed by atoms with Crippen molar-refractivity contribution in [3.8, 4) is 11.1 Å². The van der Waals surface area contributed by atoms with Crippen LogP contribution >= 0.6 is 11.3 Å². The van der Waals surface area contributed by atoms with Gasteiger partial charge in [0.25, 0.3) is 5.56 Å². The van der Waals surface area contributed by atoms with Gasteiger partial charge in [-0.1, -0.05) is 12.1 Å². The van der Waals surface area contributed by atoms with Gasteiger partial charge in [-0.25, -0.2) is 14.1 Å². The van der Waals surface area contributed by atoms with Crippen LogP contribution < -0.4 is 11.4 Å². The Morgan fingerprint density at radius 1 is 1.32 bits per heavy atom.